The van der Waals surface area contributed by atoms with Crippen molar-refractivity contribution in [2.75, 3.05) is 19.6 Å². The first kappa shape index (κ1) is 23.2. The number of halogens is 1. The number of nitriles is 1. The largest absolute Gasteiger partial charge is 0.303 e. The van der Waals surface area contributed by atoms with Gasteiger partial charge in [0.2, 0.25) is 0 Å². The summed E-state index contributed by atoms with van der Waals surface area (Å²) < 4.78 is 0. The third-order valence-corrected chi connectivity index (χ3v) is 5.16. The molecule has 3 heteroatoms. The van der Waals surface area contributed by atoms with Crippen molar-refractivity contribution in [1.82, 2.24) is 4.90 Å². The van der Waals surface area contributed by atoms with Crippen molar-refractivity contribution in [3.8, 4) is 6.07 Å². The van der Waals surface area contributed by atoms with Crippen LogP contribution in [0.4, 0.5) is 0 Å². The summed E-state index contributed by atoms with van der Waals surface area (Å²) in [7, 11) is 0. The molecule has 1 aliphatic rings. The van der Waals surface area contributed by atoms with Gasteiger partial charge in [-0.15, -0.1) is 0 Å². The third-order valence-electron chi connectivity index (χ3n) is 4.84. The molecule has 0 aliphatic carbocycles. The van der Waals surface area contributed by atoms with Crippen LogP contribution in [0.25, 0.3) is 0 Å². The van der Waals surface area contributed by atoms with Crippen molar-refractivity contribution in [3.63, 3.8) is 0 Å². The third kappa shape index (κ3) is 8.61. The Hall–Kier alpha value is -1.82. The summed E-state index contributed by atoms with van der Waals surface area (Å²) in [5.41, 5.74) is 4.47. The minimum atomic E-state index is 0.530. The van der Waals surface area contributed by atoms with Gasteiger partial charge in [-0.1, -0.05) is 62.7 Å². The van der Waals surface area contributed by atoms with Gasteiger partial charge >= 0.3 is 0 Å². The van der Waals surface area contributed by atoms with E-state index in [2.05, 4.69) is 56.9 Å². The van der Waals surface area contributed by atoms with Crippen LogP contribution in [0.1, 0.15) is 49.4 Å². The van der Waals surface area contributed by atoms with Gasteiger partial charge in [0.25, 0.3) is 0 Å². The van der Waals surface area contributed by atoms with Gasteiger partial charge in [0.1, 0.15) is 6.07 Å². The zero-order valence-electron chi connectivity index (χ0n) is 17.4. The predicted molar refractivity (Wildman–Crippen MR) is 117 cm³/mol. The lowest BCUT2D eigenvalue weighted by Gasteiger charge is -2.09. The molecule has 2 nitrogen and oxygen atoms in total. The Kier molecular flexibility index (Phi) is 10.8. The van der Waals surface area contributed by atoms with Crippen LogP contribution in [0.15, 0.2) is 42.5 Å². The van der Waals surface area contributed by atoms with E-state index >= 15 is 0 Å². The van der Waals surface area contributed by atoms with Gasteiger partial charge in [0.05, 0.1) is 10.6 Å². The maximum atomic E-state index is 8.47. The highest BCUT2D eigenvalue weighted by atomic mass is 35.5. The van der Waals surface area contributed by atoms with Gasteiger partial charge in [0, 0.05) is 6.54 Å². The summed E-state index contributed by atoms with van der Waals surface area (Å²) >= 11 is 5.71. The predicted octanol–water partition coefficient (Wildman–Crippen LogP) is 6.43. The summed E-state index contributed by atoms with van der Waals surface area (Å²) in [5.74, 6) is 0.954. The number of hydrogen-bond acceptors (Lipinski definition) is 2. The second-order valence-electron chi connectivity index (χ2n) is 7.16. The van der Waals surface area contributed by atoms with E-state index in [4.69, 9.17) is 16.9 Å². The van der Waals surface area contributed by atoms with Crippen molar-refractivity contribution in [2.24, 2.45) is 5.92 Å². The fourth-order valence-electron chi connectivity index (χ4n) is 3.03. The van der Waals surface area contributed by atoms with Gasteiger partial charge in [-0.2, -0.15) is 5.26 Å². The van der Waals surface area contributed by atoms with Crippen LogP contribution < -0.4 is 0 Å². The Morgan fingerprint density at radius 2 is 1.85 bits per heavy atom. The molecule has 1 heterocycles. The highest BCUT2D eigenvalue weighted by molar-refractivity contribution is 6.31. The molecular formula is C24H33ClN2. The molecule has 0 radical (unpaired) electrons. The Labute approximate surface area is 170 Å². The second kappa shape index (κ2) is 12.5. The molecule has 1 saturated heterocycles. The summed E-state index contributed by atoms with van der Waals surface area (Å²) in [6.07, 6.45) is 2.56. The van der Waals surface area contributed by atoms with Crippen molar-refractivity contribution >= 4 is 11.6 Å². The Morgan fingerprint density at radius 1 is 1.15 bits per heavy atom. The van der Waals surface area contributed by atoms with Crippen molar-refractivity contribution in [2.45, 2.75) is 47.5 Å². The lowest BCUT2D eigenvalue weighted by molar-refractivity contribution is 0.346. The maximum absolute atomic E-state index is 8.47. The van der Waals surface area contributed by atoms with Gasteiger partial charge in [0.15, 0.2) is 0 Å². The van der Waals surface area contributed by atoms with E-state index in [-0.39, 0.29) is 0 Å². The first-order valence-corrected chi connectivity index (χ1v) is 10.2. The van der Waals surface area contributed by atoms with Gasteiger partial charge < -0.3 is 4.90 Å². The Morgan fingerprint density at radius 3 is 2.26 bits per heavy atom. The molecule has 2 aromatic carbocycles. The molecule has 27 heavy (non-hydrogen) atoms. The van der Waals surface area contributed by atoms with E-state index in [0.29, 0.717) is 10.6 Å². The van der Waals surface area contributed by atoms with E-state index in [0.717, 1.165) is 17.9 Å². The minimum absolute atomic E-state index is 0.530. The molecule has 0 N–H and O–H groups in total. The Bertz CT molecular complexity index is 733. The topological polar surface area (TPSA) is 27.0 Å². The van der Waals surface area contributed by atoms with E-state index in [9.17, 15) is 0 Å². The van der Waals surface area contributed by atoms with Crippen molar-refractivity contribution in [3.05, 3.63) is 69.7 Å². The molecule has 0 aromatic heterocycles. The van der Waals surface area contributed by atoms with Crippen LogP contribution in [0, 0.1) is 31.1 Å². The average molecular weight is 385 g/mol. The van der Waals surface area contributed by atoms with Gasteiger partial charge in [-0.3, -0.25) is 0 Å². The molecule has 0 saturated carbocycles. The molecule has 2 aromatic rings. The lowest BCUT2D eigenvalue weighted by Crippen LogP contribution is -2.18. The number of hydrogen-bond donors (Lipinski definition) is 0. The molecule has 1 atom stereocenters. The van der Waals surface area contributed by atoms with Crippen LogP contribution >= 0.6 is 11.6 Å². The number of benzene rings is 2. The minimum Gasteiger partial charge on any atom is -0.303 e. The van der Waals surface area contributed by atoms with Crippen LogP contribution in [-0.4, -0.2) is 24.5 Å². The Balaban J connectivity index is 0.000000204. The van der Waals surface area contributed by atoms with Crippen LogP contribution in [0.2, 0.25) is 5.02 Å². The van der Waals surface area contributed by atoms with E-state index in [1.807, 2.05) is 19.1 Å². The fourth-order valence-corrected chi connectivity index (χ4v) is 3.31. The summed E-state index contributed by atoms with van der Waals surface area (Å²) in [5, 5.41) is 9.00. The van der Waals surface area contributed by atoms with Gasteiger partial charge in [-0.25, -0.2) is 0 Å². The molecule has 146 valence electrons. The highest BCUT2D eigenvalue weighted by Gasteiger charge is 2.15. The smallest absolute Gasteiger partial charge is 0.101 e. The summed E-state index contributed by atoms with van der Waals surface area (Å²) in [4.78, 5) is 2.50. The first-order chi connectivity index (χ1) is 12.9. The molecular weight excluding hydrogens is 352 g/mol. The normalized spacial score (nSPS) is 15.8. The number of aryl methyl sites for hydroxylation is 3. The molecule has 0 unspecified atom stereocenters. The molecule has 3 rings (SSSR count). The average Bonchev–Trinajstić information content (AvgIpc) is 3.09. The van der Waals surface area contributed by atoms with Gasteiger partial charge in [-0.05, 0) is 74.5 Å². The SMILES string of the molecule is CCN1CC[C@H](C)C1.CCc1ccccc1C.Cc1ccc(C#N)c(Cl)c1. The quantitative estimate of drug-likeness (QED) is 0.596. The van der Waals surface area contributed by atoms with Crippen molar-refractivity contribution < 1.29 is 0 Å². The maximum Gasteiger partial charge on any atom is 0.101 e. The lowest BCUT2D eigenvalue weighted by atomic mass is 10.1. The number of likely N-dealkylation sites (tertiary alicyclic amines) is 1. The fraction of sp³-hybridized carbons (Fsp3) is 0.458. The number of rotatable bonds is 2. The molecule has 0 bridgehead atoms. The molecule has 0 spiro atoms. The second-order valence-corrected chi connectivity index (χ2v) is 7.57. The first-order valence-electron chi connectivity index (χ1n) is 9.84. The molecule has 1 aliphatic heterocycles. The van der Waals surface area contributed by atoms with E-state index < -0.39 is 0 Å². The molecule has 1 fully saturated rings. The highest BCUT2D eigenvalue weighted by Crippen LogP contribution is 2.15. The zero-order valence-corrected chi connectivity index (χ0v) is 18.2. The van der Waals surface area contributed by atoms with E-state index in [1.165, 1.54) is 37.2 Å². The number of nitrogens with zero attached hydrogens (tertiary/aromatic N) is 2. The van der Waals surface area contributed by atoms with E-state index in [1.54, 1.807) is 12.1 Å². The standard InChI is InChI=1S/C9H12.C8H6ClN.C7H15N/c1-3-9-7-5-4-6-8(9)2;1-6-2-3-7(5-10)8(9)4-6;1-3-8-5-4-7(2)6-8/h4-7H,3H2,1-2H3;2-4H,1H3;7H,3-6H2,1-2H3/t;;7-/m..0/s1. The monoisotopic (exact) mass is 384 g/mol. The molecule has 0 amide bonds. The van der Waals surface area contributed by atoms with Crippen molar-refractivity contribution in [1.29, 1.82) is 5.26 Å². The van der Waals surface area contributed by atoms with Crippen LogP contribution in [-0.2, 0) is 6.42 Å². The zero-order chi connectivity index (χ0) is 20.2. The van der Waals surface area contributed by atoms with Crippen LogP contribution in [0.5, 0.6) is 0 Å². The summed E-state index contributed by atoms with van der Waals surface area (Å²) in [6, 6.07) is 15.8. The summed E-state index contributed by atoms with van der Waals surface area (Å²) in [6.45, 7) is 14.7. The van der Waals surface area contributed by atoms with Crippen LogP contribution in [0.3, 0.4) is 0 Å².